The summed E-state index contributed by atoms with van der Waals surface area (Å²) < 4.78 is 5.10. The summed E-state index contributed by atoms with van der Waals surface area (Å²) in [4.78, 5) is 39.0. The highest BCUT2D eigenvalue weighted by Crippen LogP contribution is 2.29. The van der Waals surface area contributed by atoms with Gasteiger partial charge in [-0.15, -0.1) is 0 Å². The highest BCUT2D eigenvalue weighted by atomic mass is 16.5. The molecule has 7 nitrogen and oxygen atoms in total. The Morgan fingerprint density at radius 1 is 1.17 bits per heavy atom. The predicted octanol–water partition coefficient (Wildman–Crippen LogP) is 0.981. The monoisotopic (exact) mass is 332 g/mol. The number of ether oxygens (including phenoxy) is 1. The molecule has 2 aliphatic heterocycles. The number of hydrogen-bond donors (Lipinski definition) is 1. The summed E-state index contributed by atoms with van der Waals surface area (Å²) in [6, 6.07) is 7.13. The van der Waals surface area contributed by atoms with Crippen molar-refractivity contribution in [2.45, 2.75) is 12.8 Å². The van der Waals surface area contributed by atoms with E-state index in [4.69, 9.17) is 9.84 Å². The molecule has 2 aliphatic rings. The van der Waals surface area contributed by atoms with Crippen LogP contribution in [0.5, 0.6) is 5.75 Å². The van der Waals surface area contributed by atoms with Crippen molar-refractivity contribution in [1.29, 1.82) is 0 Å². The molecule has 0 aromatic heterocycles. The maximum absolute atomic E-state index is 12.6. The normalized spacial score (nSPS) is 23.6. The van der Waals surface area contributed by atoms with E-state index in [0.717, 1.165) is 5.69 Å². The molecule has 2 unspecified atom stereocenters. The van der Waals surface area contributed by atoms with Crippen molar-refractivity contribution in [1.82, 2.24) is 4.90 Å². The van der Waals surface area contributed by atoms with Crippen LogP contribution >= 0.6 is 0 Å². The van der Waals surface area contributed by atoms with Gasteiger partial charge in [-0.25, -0.2) is 0 Å². The van der Waals surface area contributed by atoms with Gasteiger partial charge in [-0.3, -0.25) is 14.4 Å². The molecule has 0 saturated carbocycles. The van der Waals surface area contributed by atoms with Crippen LogP contribution in [0.2, 0.25) is 0 Å². The molecule has 0 radical (unpaired) electrons. The number of carbonyl (C=O) groups excluding carboxylic acids is 2. The van der Waals surface area contributed by atoms with Crippen LogP contribution < -0.4 is 9.64 Å². The zero-order valence-corrected chi connectivity index (χ0v) is 13.5. The van der Waals surface area contributed by atoms with E-state index in [1.54, 1.807) is 41.2 Å². The molecule has 0 aliphatic carbocycles. The number of hydrogen-bond acceptors (Lipinski definition) is 4. The van der Waals surface area contributed by atoms with Crippen LogP contribution in [0.3, 0.4) is 0 Å². The van der Waals surface area contributed by atoms with E-state index in [1.807, 2.05) is 0 Å². The summed E-state index contributed by atoms with van der Waals surface area (Å²) in [6.45, 7) is 1.02. The van der Waals surface area contributed by atoms with Gasteiger partial charge in [-0.2, -0.15) is 0 Å². The van der Waals surface area contributed by atoms with Crippen molar-refractivity contribution in [3.63, 3.8) is 0 Å². The molecule has 128 valence electrons. The number of aliphatic carboxylic acids is 1. The molecule has 1 aromatic rings. The second-order valence-electron chi connectivity index (χ2n) is 6.21. The Kier molecular flexibility index (Phi) is 4.42. The number of likely N-dealkylation sites (tertiary alicyclic amines) is 1. The third-order valence-electron chi connectivity index (χ3n) is 4.71. The van der Waals surface area contributed by atoms with Crippen LogP contribution in [0.25, 0.3) is 0 Å². The van der Waals surface area contributed by atoms with E-state index >= 15 is 0 Å². The molecule has 1 N–H and O–H groups in total. The third-order valence-corrected chi connectivity index (χ3v) is 4.71. The van der Waals surface area contributed by atoms with Crippen LogP contribution in [0, 0.1) is 11.8 Å². The largest absolute Gasteiger partial charge is 0.497 e. The maximum Gasteiger partial charge on any atom is 0.308 e. The number of rotatable bonds is 4. The lowest BCUT2D eigenvalue weighted by molar-refractivity contribution is -0.141. The smallest absolute Gasteiger partial charge is 0.308 e. The Labute approximate surface area is 139 Å². The highest BCUT2D eigenvalue weighted by molar-refractivity contribution is 6.00. The van der Waals surface area contributed by atoms with Crippen LogP contribution in [0.15, 0.2) is 24.3 Å². The fourth-order valence-corrected chi connectivity index (χ4v) is 3.30. The standard InChI is InChI=1S/C17H20N2O5/c1-24-14-4-2-13(3-5-14)19-10-12(8-15(19)20)16(21)18-7-6-11(9-18)17(22)23/h2-5,11-12H,6-10H2,1H3,(H,22,23). The van der Waals surface area contributed by atoms with E-state index in [-0.39, 0.29) is 24.8 Å². The first-order chi connectivity index (χ1) is 11.5. The van der Waals surface area contributed by atoms with Gasteiger partial charge < -0.3 is 19.6 Å². The summed E-state index contributed by atoms with van der Waals surface area (Å²) in [5.74, 6) is -1.28. The van der Waals surface area contributed by atoms with Gasteiger partial charge in [0.1, 0.15) is 5.75 Å². The Morgan fingerprint density at radius 2 is 1.88 bits per heavy atom. The molecule has 2 atom stereocenters. The van der Waals surface area contributed by atoms with E-state index in [9.17, 15) is 14.4 Å². The van der Waals surface area contributed by atoms with Crippen LogP contribution in [-0.4, -0.2) is 54.5 Å². The quantitative estimate of drug-likeness (QED) is 0.888. The third kappa shape index (κ3) is 3.06. The van der Waals surface area contributed by atoms with Gasteiger partial charge in [0.2, 0.25) is 11.8 Å². The van der Waals surface area contributed by atoms with Crippen molar-refractivity contribution >= 4 is 23.5 Å². The van der Waals surface area contributed by atoms with Crippen molar-refractivity contribution in [3.05, 3.63) is 24.3 Å². The molecular weight excluding hydrogens is 312 g/mol. The van der Waals surface area contributed by atoms with Crippen LogP contribution in [-0.2, 0) is 14.4 Å². The molecule has 0 spiro atoms. The highest BCUT2D eigenvalue weighted by Gasteiger charge is 2.40. The van der Waals surface area contributed by atoms with E-state index in [1.165, 1.54) is 0 Å². The maximum atomic E-state index is 12.6. The Bertz CT molecular complexity index is 657. The van der Waals surface area contributed by atoms with Crippen LogP contribution in [0.4, 0.5) is 5.69 Å². The van der Waals surface area contributed by atoms with Crippen LogP contribution in [0.1, 0.15) is 12.8 Å². The van der Waals surface area contributed by atoms with Gasteiger partial charge in [0.05, 0.1) is 18.9 Å². The SMILES string of the molecule is COc1ccc(N2CC(C(=O)N3CCC(C(=O)O)C3)CC2=O)cc1. The predicted molar refractivity (Wildman–Crippen MR) is 85.8 cm³/mol. The summed E-state index contributed by atoms with van der Waals surface area (Å²) in [7, 11) is 1.57. The summed E-state index contributed by atoms with van der Waals surface area (Å²) in [6.07, 6.45) is 0.642. The second-order valence-corrected chi connectivity index (χ2v) is 6.21. The lowest BCUT2D eigenvalue weighted by atomic mass is 10.1. The molecule has 24 heavy (non-hydrogen) atoms. The summed E-state index contributed by atoms with van der Waals surface area (Å²) in [5.41, 5.74) is 0.737. The topological polar surface area (TPSA) is 87.2 Å². The Hall–Kier alpha value is -2.57. The first kappa shape index (κ1) is 16.3. The van der Waals surface area contributed by atoms with E-state index in [2.05, 4.69) is 0 Å². The minimum Gasteiger partial charge on any atom is -0.497 e. The second kappa shape index (κ2) is 6.51. The number of anilines is 1. The van der Waals surface area contributed by atoms with E-state index < -0.39 is 17.8 Å². The van der Waals surface area contributed by atoms with E-state index in [0.29, 0.717) is 25.3 Å². The Balaban J connectivity index is 1.65. The molecule has 3 rings (SSSR count). The number of carboxylic acid groups (broad SMARTS) is 1. The first-order valence-electron chi connectivity index (χ1n) is 7.95. The fraction of sp³-hybridized carbons (Fsp3) is 0.471. The van der Waals surface area contributed by atoms with Crippen molar-refractivity contribution in [2.75, 3.05) is 31.6 Å². The molecule has 0 bridgehead atoms. The Morgan fingerprint density at radius 3 is 2.46 bits per heavy atom. The minimum absolute atomic E-state index is 0.0903. The molecule has 2 amide bonds. The van der Waals surface area contributed by atoms with Gasteiger partial charge in [0.25, 0.3) is 0 Å². The molecule has 7 heteroatoms. The average molecular weight is 332 g/mol. The number of carboxylic acids is 1. The molecular formula is C17H20N2O5. The average Bonchev–Trinajstić information content (AvgIpc) is 3.21. The number of methoxy groups -OCH3 is 1. The minimum atomic E-state index is -0.868. The van der Waals surface area contributed by atoms with Gasteiger partial charge >= 0.3 is 5.97 Å². The molecule has 1 aromatic carbocycles. The lowest BCUT2D eigenvalue weighted by Gasteiger charge is -2.21. The van der Waals surface area contributed by atoms with Crippen molar-refractivity contribution in [3.8, 4) is 5.75 Å². The van der Waals surface area contributed by atoms with Gasteiger partial charge in [-0.1, -0.05) is 0 Å². The summed E-state index contributed by atoms with van der Waals surface area (Å²) >= 11 is 0. The molecule has 2 saturated heterocycles. The number of amides is 2. The summed E-state index contributed by atoms with van der Waals surface area (Å²) in [5, 5.41) is 9.04. The lowest BCUT2D eigenvalue weighted by Crippen LogP contribution is -2.36. The van der Waals surface area contributed by atoms with Crippen molar-refractivity contribution in [2.24, 2.45) is 11.8 Å². The number of carbonyl (C=O) groups is 3. The number of nitrogens with zero attached hydrogens (tertiary/aromatic N) is 2. The number of benzene rings is 1. The van der Waals surface area contributed by atoms with Gasteiger partial charge in [0, 0.05) is 31.7 Å². The van der Waals surface area contributed by atoms with Gasteiger partial charge in [-0.05, 0) is 30.7 Å². The first-order valence-corrected chi connectivity index (χ1v) is 7.95. The van der Waals surface area contributed by atoms with Crippen molar-refractivity contribution < 1.29 is 24.2 Å². The molecule has 2 heterocycles. The van der Waals surface area contributed by atoms with Gasteiger partial charge in [0.15, 0.2) is 0 Å². The zero-order valence-electron chi connectivity index (χ0n) is 13.5. The fourth-order valence-electron chi connectivity index (χ4n) is 3.30. The zero-order chi connectivity index (χ0) is 17.3. The molecule has 2 fully saturated rings.